The number of benzene rings is 2. The molecule has 412 valence electrons. The molecule has 0 bridgehead atoms. The van der Waals surface area contributed by atoms with Crippen LogP contribution in [0.4, 0.5) is 22.7 Å². The Morgan fingerprint density at radius 1 is 0.714 bits per heavy atom. The molecule has 6 aromatic rings. The number of aromatic amines is 2. The number of fused-ring (bicyclic) bond motifs is 2. The molecule has 2 unspecified atom stereocenters. The molecule has 17 nitrogen and oxygen atoms in total. The van der Waals surface area contributed by atoms with Gasteiger partial charge in [-0.05, 0) is 75.3 Å². The number of rotatable bonds is 17. The summed E-state index contributed by atoms with van der Waals surface area (Å²) >= 11 is 12.8. The van der Waals surface area contributed by atoms with Crippen molar-refractivity contribution < 1.29 is 33.3 Å². The summed E-state index contributed by atoms with van der Waals surface area (Å²) in [6, 6.07) is 14.8. The molecule has 8 heterocycles. The average molecular weight is 1090 g/mol. The number of ether oxygens (including phenoxy) is 4. The number of anilines is 4. The number of likely N-dealkylation sites (tertiary alicyclic amines) is 1. The molecule has 2 aromatic carbocycles. The lowest BCUT2D eigenvalue weighted by molar-refractivity contribution is -0.107. The minimum Gasteiger partial charge on any atom is -0.493 e. The summed E-state index contributed by atoms with van der Waals surface area (Å²) in [6.07, 6.45) is 11.8. The Morgan fingerprint density at radius 3 is 1.65 bits per heavy atom. The van der Waals surface area contributed by atoms with Gasteiger partial charge in [0, 0.05) is 91.2 Å². The number of methoxy groups -OCH3 is 2. The van der Waals surface area contributed by atoms with Crippen molar-refractivity contribution in [2.45, 2.75) is 79.1 Å². The Balaban J connectivity index is 0.000000204. The number of carbonyl (C=O) groups excluding carboxylic acids is 3. The van der Waals surface area contributed by atoms with Gasteiger partial charge in [-0.1, -0.05) is 76.9 Å². The Hall–Kier alpha value is -6.79. The Kier molecular flexibility index (Phi) is 21.1. The normalized spacial score (nSPS) is 18.3. The molecule has 4 atom stereocenters. The van der Waals surface area contributed by atoms with Crippen molar-refractivity contribution in [2.75, 3.05) is 83.9 Å². The second-order valence-electron chi connectivity index (χ2n) is 19.2. The minimum atomic E-state index is -0.132. The number of hydrogen-bond donors (Lipinski definition) is 7. The lowest BCUT2D eigenvalue weighted by atomic mass is 9.98. The number of aldehydes is 1. The number of H-pyrrole nitrogens is 2. The van der Waals surface area contributed by atoms with Crippen LogP contribution in [0.1, 0.15) is 111 Å². The summed E-state index contributed by atoms with van der Waals surface area (Å²) in [5.74, 6) is 3.31. The third kappa shape index (κ3) is 13.7. The summed E-state index contributed by atoms with van der Waals surface area (Å²) < 4.78 is 23.7. The summed E-state index contributed by atoms with van der Waals surface area (Å²) in [4.78, 5) is 53.5. The zero-order valence-electron chi connectivity index (χ0n) is 45.5. The number of nitrogens with zero attached hydrogens (tertiary/aromatic N) is 3. The first kappa shape index (κ1) is 57.9. The van der Waals surface area contributed by atoms with Crippen LogP contribution in [0.5, 0.6) is 23.0 Å². The standard InChI is InChI=1S/C28H34ClN5O3.C25H28ClN5O3.C3H6O.C2H6/c1-4-11-34-12-9-18(15-34)16-37-22-14-30-10-8-19(22)25-26(23-24(33-25)17(2)13-31-28(23)35)32-21-7-5-6-20(29)27(21)36-3;1-14-10-29-25(32)20-21(14)31-22(23(20)30-18-5-3-4-17(26)24(18)33-2)16-7-9-28-12-19(16)34-13-15-6-8-27-11-15;1-2-3-4;1-2/h5-8,10,14,17-18,32-33H,4,9,11-13,15-16H2,1-3H3,(H,31,35);3-5,7,9,12,14-15,27,30-31H,6,8,10-11,13H2,1-2H3,(H,29,32);3H,2H2,1H3;1-2H3/t17?,18-;14?,15-;;/m11../s1. The maximum Gasteiger partial charge on any atom is 0.255 e. The molecule has 0 saturated carbocycles. The van der Waals surface area contributed by atoms with E-state index in [1.807, 2.05) is 57.2 Å². The van der Waals surface area contributed by atoms with Gasteiger partial charge in [-0.3, -0.25) is 19.6 Å². The zero-order chi connectivity index (χ0) is 55.0. The van der Waals surface area contributed by atoms with E-state index in [9.17, 15) is 14.4 Å². The van der Waals surface area contributed by atoms with Crippen LogP contribution in [0.15, 0.2) is 73.3 Å². The average Bonchev–Trinajstić information content (AvgIpc) is 4.32. The van der Waals surface area contributed by atoms with E-state index in [1.165, 1.54) is 0 Å². The van der Waals surface area contributed by atoms with E-state index in [0.717, 1.165) is 92.2 Å². The Labute approximate surface area is 462 Å². The molecule has 4 aromatic heterocycles. The number of carbonyl (C=O) groups is 3. The van der Waals surface area contributed by atoms with Gasteiger partial charge in [-0.2, -0.15) is 0 Å². The minimum absolute atomic E-state index is 0.123. The number of hydrogen-bond acceptors (Lipinski definition) is 13. The lowest BCUT2D eigenvalue weighted by Gasteiger charge is -2.21. The summed E-state index contributed by atoms with van der Waals surface area (Å²) in [5, 5.41) is 17.2. The molecule has 2 fully saturated rings. The number of para-hydroxylation sites is 2. The molecule has 7 N–H and O–H groups in total. The number of pyridine rings is 2. The topological polar surface area (TPSA) is 209 Å². The van der Waals surface area contributed by atoms with Crippen molar-refractivity contribution in [3.05, 3.63) is 106 Å². The highest BCUT2D eigenvalue weighted by Gasteiger charge is 2.34. The molecular weight excluding hydrogens is 1020 g/mol. The highest BCUT2D eigenvalue weighted by atomic mass is 35.5. The van der Waals surface area contributed by atoms with Crippen molar-refractivity contribution in [2.24, 2.45) is 11.8 Å². The highest BCUT2D eigenvalue weighted by molar-refractivity contribution is 6.33. The molecule has 0 aliphatic carbocycles. The van der Waals surface area contributed by atoms with Crippen LogP contribution >= 0.6 is 23.2 Å². The Morgan fingerprint density at radius 2 is 1.21 bits per heavy atom. The number of aromatic nitrogens is 4. The largest absolute Gasteiger partial charge is 0.493 e. The van der Waals surface area contributed by atoms with Gasteiger partial charge in [0.15, 0.2) is 11.5 Å². The third-order valence-electron chi connectivity index (χ3n) is 13.8. The molecule has 19 heteroatoms. The van der Waals surface area contributed by atoms with Gasteiger partial charge < -0.3 is 65.2 Å². The fourth-order valence-electron chi connectivity index (χ4n) is 9.92. The molecule has 4 aliphatic rings. The van der Waals surface area contributed by atoms with Gasteiger partial charge >= 0.3 is 0 Å². The molecule has 0 spiro atoms. The first-order valence-corrected chi connectivity index (χ1v) is 27.5. The second-order valence-corrected chi connectivity index (χ2v) is 20.0. The molecule has 2 amide bonds. The van der Waals surface area contributed by atoms with E-state index < -0.39 is 0 Å². The van der Waals surface area contributed by atoms with E-state index in [1.54, 1.807) is 51.1 Å². The van der Waals surface area contributed by atoms with Crippen LogP contribution in [0, 0.1) is 11.8 Å². The molecule has 10 rings (SSSR count). The van der Waals surface area contributed by atoms with Gasteiger partial charge in [-0.25, -0.2) is 0 Å². The van der Waals surface area contributed by atoms with Gasteiger partial charge in [0.1, 0.15) is 17.8 Å². The van der Waals surface area contributed by atoms with E-state index in [4.69, 9.17) is 42.1 Å². The van der Waals surface area contributed by atoms with Crippen LogP contribution in [0.25, 0.3) is 22.5 Å². The number of amides is 2. The monoisotopic (exact) mass is 1090 g/mol. The summed E-state index contributed by atoms with van der Waals surface area (Å²) in [6.45, 7) is 19.8. The third-order valence-corrected chi connectivity index (χ3v) is 14.4. The molecular formula is C58H74Cl2N10O7. The SMILES string of the molecule is CC.CCC=O.CCCN1CC[C@@H](COc2cnccc2-c2[nH]c3c(c2Nc2cccc(Cl)c2OC)C(=O)NCC3C)C1.COc1c(Cl)cccc1Nc1c(-c2ccncc2OC[C@@H]2CCNC2)[nH]c2c1C(=O)NCC2C. The zero-order valence-corrected chi connectivity index (χ0v) is 47.0. The number of halogens is 2. The maximum absolute atomic E-state index is 13.1. The molecule has 2 saturated heterocycles. The maximum atomic E-state index is 13.1. The van der Waals surface area contributed by atoms with Crippen molar-refractivity contribution in [3.8, 4) is 45.5 Å². The number of nitrogens with one attached hydrogen (secondary N) is 7. The Bertz CT molecular complexity index is 2940. The van der Waals surface area contributed by atoms with Crippen molar-refractivity contribution >= 4 is 64.1 Å². The summed E-state index contributed by atoms with van der Waals surface area (Å²) in [7, 11) is 3.15. The highest BCUT2D eigenvalue weighted by Crippen LogP contribution is 2.46. The fraction of sp³-hybridized carbons (Fsp3) is 0.431. The lowest BCUT2D eigenvalue weighted by Crippen LogP contribution is -2.33. The summed E-state index contributed by atoms with van der Waals surface area (Å²) in [5.41, 5.74) is 8.79. The van der Waals surface area contributed by atoms with Crippen molar-refractivity contribution in [3.63, 3.8) is 0 Å². The van der Waals surface area contributed by atoms with Gasteiger partial charge in [0.25, 0.3) is 11.8 Å². The van der Waals surface area contributed by atoms with E-state index in [-0.39, 0.29) is 23.7 Å². The fourth-order valence-corrected chi connectivity index (χ4v) is 10.4. The van der Waals surface area contributed by atoms with Crippen LogP contribution < -0.4 is 45.5 Å². The van der Waals surface area contributed by atoms with Gasteiger partial charge in [0.05, 0.1) is 95.1 Å². The quantitative estimate of drug-likeness (QED) is 0.0425. The molecule has 77 heavy (non-hydrogen) atoms. The first-order valence-electron chi connectivity index (χ1n) is 26.8. The second kappa shape index (κ2) is 28.0. The van der Waals surface area contributed by atoms with E-state index >= 15 is 0 Å². The van der Waals surface area contributed by atoms with Gasteiger partial charge in [0.2, 0.25) is 0 Å². The first-order chi connectivity index (χ1) is 37.5. The predicted octanol–water partition coefficient (Wildman–Crippen LogP) is 11.4. The van der Waals surface area contributed by atoms with Gasteiger partial charge in [-0.15, -0.1) is 0 Å². The smallest absolute Gasteiger partial charge is 0.255 e. The van der Waals surface area contributed by atoms with E-state index in [2.05, 4.69) is 72.2 Å². The van der Waals surface area contributed by atoms with Crippen LogP contribution in [-0.2, 0) is 4.79 Å². The van der Waals surface area contributed by atoms with E-state index in [0.29, 0.717) is 111 Å². The van der Waals surface area contributed by atoms with Crippen molar-refractivity contribution in [1.29, 1.82) is 0 Å². The van der Waals surface area contributed by atoms with Crippen LogP contribution in [-0.4, -0.2) is 116 Å². The van der Waals surface area contributed by atoms with Crippen molar-refractivity contribution in [1.82, 2.24) is 40.8 Å². The molecule has 4 aliphatic heterocycles. The molecule has 0 radical (unpaired) electrons. The van der Waals surface area contributed by atoms with Crippen LogP contribution in [0.3, 0.4) is 0 Å². The predicted molar refractivity (Wildman–Crippen MR) is 307 cm³/mol. The van der Waals surface area contributed by atoms with Crippen LogP contribution in [0.2, 0.25) is 10.0 Å².